The van der Waals surface area contributed by atoms with Crippen molar-refractivity contribution < 1.29 is 9.32 Å². The van der Waals surface area contributed by atoms with Crippen LogP contribution in [-0.4, -0.2) is 49.6 Å². The molecule has 0 bridgehead atoms. The Morgan fingerprint density at radius 2 is 2.15 bits per heavy atom. The molecular formula is C18H24N6O2. The molecule has 138 valence electrons. The number of aromatic nitrogens is 4. The van der Waals surface area contributed by atoms with E-state index in [1.165, 1.54) is 0 Å². The number of hydrogen-bond donors (Lipinski definition) is 1. The molecule has 3 fully saturated rings. The second-order valence-electron chi connectivity index (χ2n) is 7.97. The Kier molecular flexibility index (Phi) is 3.81. The highest BCUT2D eigenvalue weighted by atomic mass is 16.5. The van der Waals surface area contributed by atoms with E-state index in [2.05, 4.69) is 25.3 Å². The van der Waals surface area contributed by atoms with Gasteiger partial charge in [-0.1, -0.05) is 5.16 Å². The summed E-state index contributed by atoms with van der Waals surface area (Å²) < 4.78 is 7.36. The molecule has 1 N–H and O–H groups in total. The van der Waals surface area contributed by atoms with Crippen molar-refractivity contribution in [2.75, 3.05) is 13.1 Å². The Morgan fingerprint density at radius 3 is 2.85 bits per heavy atom. The Hall–Kier alpha value is -2.22. The van der Waals surface area contributed by atoms with Crippen LogP contribution in [0.2, 0.25) is 0 Å². The number of imidazole rings is 1. The number of carbonyl (C=O) groups excluding carboxylic acids is 1. The van der Waals surface area contributed by atoms with Gasteiger partial charge >= 0.3 is 0 Å². The summed E-state index contributed by atoms with van der Waals surface area (Å²) in [6.07, 6.45) is 8.34. The average Bonchev–Trinajstić information content (AvgIpc) is 3.50. The van der Waals surface area contributed by atoms with Crippen molar-refractivity contribution >= 4 is 5.91 Å². The fourth-order valence-corrected chi connectivity index (χ4v) is 3.77. The largest absolute Gasteiger partial charge is 0.353 e. The van der Waals surface area contributed by atoms with Crippen molar-refractivity contribution in [2.24, 2.45) is 13.0 Å². The zero-order valence-corrected chi connectivity index (χ0v) is 15.0. The first-order chi connectivity index (χ1) is 12.7. The third-order valence-corrected chi connectivity index (χ3v) is 5.55. The zero-order chi connectivity index (χ0) is 17.7. The van der Waals surface area contributed by atoms with Crippen LogP contribution in [0, 0.1) is 5.92 Å². The smallest absolute Gasteiger partial charge is 0.240 e. The lowest BCUT2D eigenvalue weighted by Gasteiger charge is -2.16. The van der Waals surface area contributed by atoms with Gasteiger partial charge in [0.15, 0.2) is 5.82 Å². The third-order valence-electron chi connectivity index (χ3n) is 5.55. The van der Waals surface area contributed by atoms with Gasteiger partial charge in [-0.15, -0.1) is 0 Å². The Labute approximate surface area is 152 Å². The van der Waals surface area contributed by atoms with Crippen molar-refractivity contribution in [3.8, 4) is 0 Å². The van der Waals surface area contributed by atoms with Crippen molar-refractivity contribution in [1.82, 2.24) is 29.9 Å². The molecule has 0 unspecified atom stereocenters. The van der Waals surface area contributed by atoms with Gasteiger partial charge in [0, 0.05) is 44.2 Å². The van der Waals surface area contributed by atoms with E-state index >= 15 is 0 Å². The van der Waals surface area contributed by atoms with Crippen LogP contribution in [0.25, 0.3) is 0 Å². The summed E-state index contributed by atoms with van der Waals surface area (Å²) >= 11 is 0. The van der Waals surface area contributed by atoms with Gasteiger partial charge in [-0.25, -0.2) is 4.98 Å². The summed E-state index contributed by atoms with van der Waals surface area (Å²) in [6.45, 7) is 2.07. The molecule has 2 aromatic rings. The lowest BCUT2D eigenvalue weighted by molar-refractivity contribution is -0.125. The number of hydrogen-bond acceptors (Lipinski definition) is 6. The lowest BCUT2D eigenvalue weighted by Crippen LogP contribution is -2.36. The SMILES string of the molecule is Cn1cnc([C@@H]2CN(Cc3nc(C4CC4)no3)C[C@H]2C(=O)NC2CC2)c1. The molecule has 1 aliphatic heterocycles. The van der Waals surface area contributed by atoms with Crippen LogP contribution in [0.4, 0.5) is 0 Å². The Bertz CT molecular complexity index is 806. The highest BCUT2D eigenvalue weighted by molar-refractivity contribution is 5.81. The number of likely N-dealkylation sites (tertiary alicyclic amines) is 1. The second kappa shape index (κ2) is 6.19. The van der Waals surface area contributed by atoms with Crippen LogP contribution in [-0.2, 0) is 18.4 Å². The zero-order valence-electron chi connectivity index (χ0n) is 15.0. The van der Waals surface area contributed by atoms with Crippen molar-refractivity contribution in [1.29, 1.82) is 0 Å². The van der Waals surface area contributed by atoms with Crippen molar-refractivity contribution in [2.45, 2.75) is 50.1 Å². The lowest BCUT2D eigenvalue weighted by atomic mass is 9.92. The van der Waals surface area contributed by atoms with Gasteiger partial charge in [-0.05, 0) is 25.7 Å². The van der Waals surface area contributed by atoms with Gasteiger partial charge in [0.05, 0.1) is 24.5 Å². The van der Waals surface area contributed by atoms with Gasteiger partial charge in [0.1, 0.15) is 0 Å². The fourth-order valence-electron chi connectivity index (χ4n) is 3.77. The summed E-state index contributed by atoms with van der Waals surface area (Å²) in [7, 11) is 1.96. The topological polar surface area (TPSA) is 89.1 Å². The summed E-state index contributed by atoms with van der Waals surface area (Å²) in [5.74, 6) is 2.13. The van der Waals surface area contributed by atoms with Crippen LogP contribution in [0.1, 0.15) is 54.9 Å². The molecule has 3 heterocycles. The summed E-state index contributed by atoms with van der Waals surface area (Å²) in [5.41, 5.74) is 0.982. The monoisotopic (exact) mass is 356 g/mol. The van der Waals surface area contributed by atoms with Crippen LogP contribution in [0.3, 0.4) is 0 Å². The van der Waals surface area contributed by atoms with Gasteiger partial charge in [-0.3, -0.25) is 9.69 Å². The molecule has 3 aliphatic rings. The molecule has 8 nitrogen and oxygen atoms in total. The number of amides is 1. The van der Waals surface area contributed by atoms with E-state index in [1.807, 2.05) is 17.8 Å². The van der Waals surface area contributed by atoms with E-state index in [1.54, 1.807) is 6.33 Å². The molecular weight excluding hydrogens is 332 g/mol. The third kappa shape index (κ3) is 3.25. The molecule has 0 radical (unpaired) electrons. The van der Waals surface area contributed by atoms with E-state index in [0.29, 0.717) is 30.9 Å². The van der Waals surface area contributed by atoms with E-state index < -0.39 is 0 Å². The molecule has 0 aromatic carbocycles. The molecule has 2 atom stereocenters. The number of nitrogens with one attached hydrogen (secondary N) is 1. The minimum absolute atomic E-state index is 0.0867. The van der Waals surface area contributed by atoms with E-state index in [4.69, 9.17) is 4.52 Å². The van der Waals surface area contributed by atoms with Crippen LogP contribution < -0.4 is 5.32 Å². The first-order valence-electron chi connectivity index (χ1n) is 9.49. The molecule has 26 heavy (non-hydrogen) atoms. The first-order valence-corrected chi connectivity index (χ1v) is 9.49. The summed E-state index contributed by atoms with van der Waals surface area (Å²) in [4.78, 5) is 24.0. The maximum absolute atomic E-state index is 12.8. The maximum Gasteiger partial charge on any atom is 0.240 e. The molecule has 5 rings (SSSR count). The number of rotatable bonds is 6. The van der Waals surface area contributed by atoms with E-state index in [0.717, 1.165) is 43.7 Å². The average molecular weight is 356 g/mol. The van der Waals surface area contributed by atoms with Crippen molar-refractivity contribution in [3.05, 3.63) is 29.9 Å². The summed E-state index contributed by atoms with van der Waals surface area (Å²) in [6, 6.07) is 0.373. The van der Waals surface area contributed by atoms with Gasteiger partial charge in [0.2, 0.25) is 11.8 Å². The van der Waals surface area contributed by atoms with Crippen LogP contribution in [0.15, 0.2) is 17.0 Å². The van der Waals surface area contributed by atoms with Gasteiger partial charge in [0.25, 0.3) is 0 Å². The standard InChI is InChI=1S/C18H24N6O2/c1-23-8-15(19-10-23)13-6-24(7-14(13)18(25)20-12-4-5-12)9-16-21-17(22-26-16)11-2-3-11/h8,10-14H,2-7,9H2,1H3,(H,20,25)/t13-,14-/m1/s1. The Balaban J connectivity index is 1.31. The normalized spacial score (nSPS) is 26.3. The van der Waals surface area contributed by atoms with Gasteiger partial charge in [-0.2, -0.15) is 4.98 Å². The molecule has 2 aromatic heterocycles. The minimum atomic E-state index is -0.0867. The predicted octanol–water partition coefficient (Wildman–Crippen LogP) is 1.17. The molecule has 2 saturated carbocycles. The minimum Gasteiger partial charge on any atom is -0.353 e. The van der Waals surface area contributed by atoms with E-state index in [-0.39, 0.29) is 17.7 Å². The van der Waals surface area contributed by atoms with Crippen molar-refractivity contribution in [3.63, 3.8) is 0 Å². The molecule has 8 heteroatoms. The first kappa shape index (κ1) is 16.0. The quantitative estimate of drug-likeness (QED) is 0.836. The highest BCUT2D eigenvalue weighted by Gasteiger charge is 2.41. The number of nitrogens with zero attached hydrogens (tertiary/aromatic N) is 5. The van der Waals surface area contributed by atoms with E-state index in [9.17, 15) is 4.79 Å². The fraction of sp³-hybridized carbons (Fsp3) is 0.667. The van der Waals surface area contributed by atoms with Crippen LogP contribution in [0.5, 0.6) is 0 Å². The predicted molar refractivity (Wildman–Crippen MR) is 92.2 cm³/mol. The number of carbonyl (C=O) groups is 1. The Morgan fingerprint density at radius 1 is 1.31 bits per heavy atom. The summed E-state index contributed by atoms with van der Waals surface area (Å²) in [5, 5.41) is 7.26. The highest BCUT2D eigenvalue weighted by Crippen LogP contribution is 2.38. The molecule has 2 aliphatic carbocycles. The van der Waals surface area contributed by atoms with Crippen LogP contribution >= 0.6 is 0 Å². The molecule has 0 spiro atoms. The van der Waals surface area contributed by atoms with Gasteiger partial charge < -0.3 is 14.4 Å². The molecule has 1 saturated heterocycles. The second-order valence-corrected chi connectivity index (χ2v) is 7.97. The maximum atomic E-state index is 12.8. The molecule has 1 amide bonds. The number of aryl methyl sites for hydroxylation is 1.